The number of thioether (sulfide) groups is 1. The number of ether oxygens (including phenoxy) is 1. The Labute approximate surface area is 167 Å². The molecule has 3 rings (SSSR count). The third-order valence-electron chi connectivity index (χ3n) is 4.43. The number of thiophene rings is 1. The predicted octanol–water partition coefficient (Wildman–Crippen LogP) is 3.03. The summed E-state index contributed by atoms with van der Waals surface area (Å²) < 4.78 is 5.44. The molecular weight excluding hydrogens is 382 g/mol. The molecule has 2 aromatic heterocycles. The van der Waals surface area contributed by atoms with Gasteiger partial charge in [0.05, 0.1) is 17.2 Å². The van der Waals surface area contributed by atoms with E-state index >= 15 is 0 Å². The van der Waals surface area contributed by atoms with Gasteiger partial charge in [-0.25, -0.2) is 4.98 Å². The molecule has 1 amide bonds. The van der Waals surface area contributed by atoms with Crippen LogP contribution in [-0.2, 0) is 28.1 Å². The first-order chi connectivity index (χ1) is 13.0. The molecule has 0 fully saturated rings. The van der Waals surface area contributed by atoms with Crippen molar-refractivity contribution in [2.45, 2.75) is 57.8 Å². The van der Waals surface area contributed by atoms with E-state index in [4.69, 9.17) is 4.74 Å². The van der Waals surface area contributed by atoms with Gasteiger partial charge in [-0.2, -0.15) is 11.8 Å². The third-order valence-corrected chi connectivity index (χ3v) is 6.59. The first kappa shape index (κ1) is 20.4. The van der Waals surface area contributed by atoms with E-state index in [9.17, 15) is 9.59 Å². The average molecular weight is 410 g/mol. The Morgan fingerprint density at radius 1 is 1.41 bits per heavy atom. The summed E-state index contributed by atoms with van der Waals surface area (Å²) in [6, 6.07) is 0. The van der Waals surface area contributed by atoms with Crippen LogP contribution in [0.25, 0.3) is 10.2 Å². The molecule has 8 heteroatoms. The second-order valence-corrected chi connectivity index (χ2v) is 9.16. The molecule has 0 bridgehead atoms. The fourth-order valence-corrected chi connectivity index (χ4v) is 5.24. The van der Waals surface area contributed by atoms with Crippen molar-refractivity contribution < 1.29 is 9.53 Å². The van der Waals surface area contributed by atoms with E-state index in [1.54, 1.807) is 23.1 Å². The van der Waals surface area contributed by atoms with E-state index in [-0.39, 0.29) is 17.6 Å². The molecule has 27 heavy (non-hydrogen) atoms. The van der Waals surface area contributed by atoms with Crippen LogP contribution in [0.2, 0.25) is 0 Å². The van der Waals surface area contributed by atoms with E-state index in [2.05, 4.69) is 15.3 Å². The molecule has 0 radical (unpaired) electrons. The Morgan fingerprint density at radius 3 is 3.07 bits per heavy atom. The molecule has 0 aliphatic heterocycles. The smallest absolute Gasteiger partial charge is 0.259 e. The number of aromatic nitrogens is 2. The van der Waals surface area contributed by atoms with Crippen molar-refractivity contribution >= 4 is 39.2 Å². The molecular formula is C19H27N3O3S2. The number of rotatable bonds is 10. The topological polar surface area (TPSA) is 84.1 Å². The maximum atomic E-state index is 12.4. The van der Waals surface area contributed by atoms with Gasteiger partial charge in [-0.1, -0.05) is 0 Å². The number of carbonyl (C=O) groups excluding carboxylic acids is 1. The zero-order valence-electron chi connectivity index (χ0n) is 15.9. The fraction of sp³-hybridized carbons (Fsp3) is 0.632. The van der Waals surface area contributed by atoms with E-state index in [1.807, 2.05) is 13.8 Å². The highest BCUT2D eigenvalue weighted by molar-refractivity contribution is 7.98. The van der Waals surface area contributed by atoms with Crippen molar-refractivity contribution in [1.82, 2.24) is 15.3 Å². The molecule has 1 aliphatic rings. The van der Waals surface area contributed by atoms with Crippen molar-refractivity contribution in [1.29, 1.82) is 0 Å². The number of H-pyrrole nitrogens is 1. The number of hydrogen-bond acceptors (Lipinski definition) is 6. The lowest BCUT2D eigenvalue weighted by atomic mass is 10.2. The summed E-state index contributed by atoms with van der Waals surface area (Å²) in [5.41, 5.74) is 1.19. The van der Waals surface area contributed by atoms with Crippen molar-refractivity contribution in [3.05, 3.63) is 26.6 Å². The van der Waals surface area contributed by atoms with E-state index in [1.165, 1.54) is 10.4 Å². The predicted molar refractivity (Wildman–Crippen MR) is 112 cm³/mol. The molecule has 2 aromatic rings. The van der Waals surface area contributed by atoms with Gasteiger partial charge in [0.1, 0.15) is 10.7 Å². The van der Waals surface area contributed by atoms with Crippen molar-refractivity contribution in [2.24, 2.45) is 0 Å². The van der Waals surface area contributed by atoms with Crippen LogP contribution in [0.3, 0.4) is 0 Å². The van der Waals surface area contributed by atoms with Gasteiger partial charge in [0.2, 0.25) is 5.91 Å². The third kappa shape index (κ3) is 5.56. The fourth-order valence-electron chi connectivity index (χ4n) is 3.16. The first-order valence-corrected chi connectivity index (χ1v) is 11.5. The van der Waals surface area contributed by atoms with Crippen LogP contribution in [0.15, 0.2) is 4.79 Å². The number of nitrogens with zero attached hydrogens (tertiary/aromatic N) is 1. The Hall–Kier alpha value is -1.38. The second kappa shape index (κ2) is 9.71. The van der Waals surface area contributed by atoms with Gasteiger partial charge in [-0.15, -0.1) is 11.3 Å². The molecule has 0 saturated carbocycles. The number of nitrogens with one attached hydrogen (secondary N) is 2. The molecule has 1 aliphatic carbocycles. The van der Waals surface area contributed by atoms with Crippen LogP contribution in [-0.4, -0.2) is 40.9 Å². The lowest BCUT2D eigenvalue weighted by Crippen LogP contribution is -2.25. The molecule has 0 unspecified atom stereocenters. The Kier molecular flexibility index (Phi) is 7.32. The Balaban J connectivity index is 1.39. The number of fused-ring (bicyclic) bond motifs is 3. The maximum Gasteiger partial charge on any atom is 0.259 e. The monoisotopic (exact) mass is 409 g/mol. The number of aryl methyl sites for hydroxylation is 2. The van der Waals surface area contributed by atoms with E-state index < -0.39 is 0 Å². The molecule has 0 spiro atoms. The van der Waals surface area contributed by atoms with Gasteiger partial charge in [-0.05, 0) is 45.1 Å². The van der Waals surface area contributed by atoms with Crippen LogP contribution in [0.4, 0.5) is 0 Å². The van der Waals surface area contributed by atoms with E-state index in [0.717, 1.165) is 35.9 Å². The zero-order valence-corrected chi connectivity index (χ0v) is 17.6. The number of carbonyl (C=O) groups is 1. The van der Waals surface area contributed by atoms with Gasteiger partial charge in [0.15, 0.2) is 0 Å². The lowest BCUT2D eigenvalue weighted by molar-refractivity contribution is -0.120. The Morgan fingerprint density at radius 2 is 2.26 bits per heavy atom. The number of hydrogen-bond donors (Lipinski definition) is 2. The van der Waals surface area contributed by atoms with E-state index in [0.29, 0.717) is 36.9 Å². The summed E-state index contributed by atoms with van der Waals surface area (Å²) >= 11 is 3.28. The van der Waals surface area contributed by atoms with Gasteiger partial charge >= 0.3 is 0 Å². The van der Waals surface area contributed by atoms with Gasteiger partial charge in [0, 0.05) is 30.2 Å². The SMILES string of the molecule is CC(C)OCCCNC(=O)CCSCc1nc2sc3c(c2c(=O)[nH]1)CCC3. The van der Waals surface area contributed by atoms with Gasteiger partial charge < -0.3 is 15.0 Å². The normalized spacial score (nSPS) is 13.4. The minimum Gasteiger partial charge on any atom is -0.379 e. The highest BCUT2D eigenvalue weighted by Crippen LogP contribution is 2.34. The van der Waals surface area contributed by atoms with Crippen molar-refractivity contribution in [2.75, 3.05) is 18.9 Å². The number of amides is 1. The summed E-state index contributed by atoms with van der Waals surface area (Å²) in [5, 5.41) is 3.70. The second-order valence-electron chi connectivity index (χ2n) is 6.98. The molecule has 0 saturated heterocycles. The summed E-state index contributed by atoms with van der Waals surface area (Å²) in [6.07, 6.45) is 4.72. The average Bonchev–Trinajstić information content (AvgIpc) is 3.18. The highest BCUT2D eigenvalue weighted by Gasteiger charge is 2.21. The van der Waals surface area contributed by atoms with Crippen LogP contribution < -0.4 is 10.9 Å². The standard InChI is InChI=1S/C19H27N3O3S2/c1-12(2)25-9-4-8-20-16(23)7-10-26-11-15-21-18(24)17-13-5-3-6-14(13)27-19(17)22-15/h12H,3-11H2,1-2H3,(H,20,23)(H,21,22,24). The first-order valence-electron chi connectivity index (χ1n) is 9.54. The molecule has 148 valence electrons. The van der Waals surface area contributed by atoms with Crippen LogP contribution in [0, 0.1) is 0 Å². The largest absolute Gasteiger partial charge is 0.379 e. The van der Waals surface area contributed by atoms with Crippen molar-refractivity contribution in [3.63, 3.8) is 0 Å². The lowest BCUT2D eigenvalue weighted by Gasteiger charge is -2.08. The molecule has 2 N–H and O–H groups in total. The maximum absolute atomic E-state index is 12.4. The number of aromatic amines is 1. The van der Waals surface area contributed by atoms with Crippen LogP contribution >= 0.6 is 23.1 Å². The molecule has 0 aromatic carbocycles. The van der Waals surface area contributed by atoms with Gasteiger partial charge in [-0.3, -0.25) is 9.59 Å². The molecule has 2 heterocycles. The molecule has 6 nitrogen and oxygen atoms in total. The highest BCUT2D eigenvalue weighted by atomic mass is 32.2. The molecule has 0 atom stereocenters. The summed E-state index contributed by atoms with van der Waals surface area (Å²) in [4.78, 5) is 34.0. The summed E-state index contributed by atoms with van der Waals surface area (Å²) in [7, 11) is 0. The van der Waals surface area contributed by atoms with Crippen LogP contribution in [0.1, 0.15) is 49.4 Å². The Bertz CT molecular complexity index is 845. The quantitative estimate of drug-likeness (QED) is 0.589. The van der Waals surface area contributed by atoms with Crippen LogP contribution in [0.5, 0.6) is 0 Å². The van der Waals surface area contributed by atoms with Crippen molar-refractivity contribution in [3.8, 4) is 0 Å². The minimum atomic E-state index is -0.0173. The summed E-state index contributed by atoms with van der Waals surface area (Å²) in [5.74, 6) is 2.07. The minimum absolute atomic E-state index is 0.0173. The summed E-state index contributed by atoms with van der Waals surface area (Å²) in [6.45, 7) is 5.31. The van der Waals surface area contributed by atoms with Gasteiger partial charge in [0.25, 0.3) is 5.56 Å². The zero-order chi connectivity index (χ0) is 19.2.